The maximum absolute atomic E-state index is 13.1. The molecule has 1 saturated carbocycles. The van der Waals surface area contributed by atoms with Gasteiger partial charge in [0.05, 0.1) is 17.5 Å². The zero-order chi connectivity index (χ0) is 23.6. The van der Waals surface area contributed by atoms with Crippen LogP contribution in [0.25, 0.3) is 0 Å². The van der Waals surface area contributed by atoms with Gasteiger partial charge in [0, 0.05) is 11.4 Å². The Labute approximate surface area is 196 Å². The van der Waals surface area contributed by atoms with Crippen LogP contribution in [0.4, 0.5) is 10.5 Å². The predicted molar refractivity (Wildman–Crippen MR) is 123 cm³/mol. The first-order chi connectivity index (χ1) is 15.9. The van der Waals surface area contributed by atoms with Crippen LogP contribution >= 0.6 is 11.8 Å². The number of imide groups is 1. The Morgan fingerprint density at radius 2 is 1.94 bits per heavy atom. The highest BCUT2D eigenvalue weighted by molar-refractivity contribution is 7.99. The number of urea groups is 1. The molecular formula is C23H27N5O4S. The van der Waals surface area contributed by atoms with Crippen molar-refractivity contribution in [2.45, 2.75) is 50.6 Å². The summed E-state index contributed by atoms with van der Waals surface area (Å²) in [4.78, 5) is 54.0. The lowest BCUT2D eigenvalue weighted by Crippen LogP contribution is -2.51. The third kappa shape index (κ3) is 4.55. The predicted octanol–water partition coefficient (Wildman–Crippen LogP) is 2.29. The average molecular weight is 470 g/mol. The van der Waals surface area contributed by atoms with Crippen LogP contribution in [0.1, 0.15) is 44.6 Å². The third-order valence-electron chi connectivity index (χ3n) is 6.86. The summed E-state index contributed by atoms with van der Waals surface area (Å²) in [6.45, 7) is 1.76. The largest absolute Gasteiger partial charge is 0.325 e. The molecule has 1 aromatic rings. The molecule has 4 rings (SSSR count). The topological polar surface area (TPSA) is 123 Å². The maximum atomic E-state index is 13.1. The van der Waals surface area contributed by atoms with Gasteiger partial charge in [0.25, 0.3) is 5.91 Å². The molecule has 3 fully saturated rings. The van der Waals surface area contributed by atoms with E-state index < -0.39 is 23.5 Å². The highest BCUT2D eigenvalue weighted by Gasteiger charge is 2.53. The summed E-state index contributed by atoms with van der Waals surface area (Å²) in [7, 11) is 0. The lowest BCUT2D eigenvalue weighted by molar-refractivity contribution is -0.141. The first-order valence-corrected chi connectivity index (χ1v) is 12.3. The molecule has 2 N–H and O–H groups in total. The van der Waals surface area contributed by atoms with Crippen molar-refractivity contribution in [2.75, 3.05) is 23.5 Å². The highest BCUT2D eigenvalue weighted by atomic mass is 32.2. The Morgan fingerprint density at radius 3 is 2.58 bits per heavy atom. The molecule has 1 unspecified atom stereocenters. The van der Waals surface area contributed by atoms with Crippen molar-refractivity contribution in [3.8, 4) is 6.07 Å². The number of carbonyl (C=O) groups excluding carboxylic acids is 4. The number of nitriles is 1. The summed E-state index contributed by atoms with van der Waals surface area (Å²) in [5.41, 5.74) is 0.118. The number of hydrogen-bond donors (Lipinski definition) is 2. The van der Waals surface area contributed by atoms with Crippen molar-refractivity contribution in [1.29, 1.82) is 5.26 Å². The zero-order valence-corrected chi connectivity index (χ0v) is 19.3. The summed E-state index contributed by atoms with van der Waals surface area (Å²) in [5.74, 6) is 0.203. The van der Waals surface area contributed by atoms with Crippen molar-refractivity contribution >= 4 is 41.2 Å². The molecule has 0 radical (unpaired) electrons. The van der Waals surface area contributed by atoms with E-state index in [2.05, 4.69) is 17.6 Å². The van der Waals surface area contributed by atoms with Gasteiger partial charge in [0.2, 0.25) is 11.8 Å². The summed E-state index contributed by atoms with van der Waals surface area (Å²) >= 11 is 1.44. The zero-order valence-electron chi connectivity index (χ0n) is 18.5. The smallest absolute Gasteiger partial charge is 0.324 e. The molecule has 3 aliphatic rings. The molecule has 0 bridgehead atoms. The van der Waals surface area contributed by atoms with Crippen LogP contribution in [0.15, 0.2) is 24.3 Å². The summed E-state index contributed by atoms with van der Waals surface area (Å²) < 4.78 is 0. The van der Waals surface area contributed by atoms with Gasteiger partial charge in [0.1, 0.15) is 18.1 Å². The van der Waals surface area contributed by atoms with Gasteiger partial charge in [-0.3, -0.25) is 19.3 Å². The molecule has 2 saturated heterocycles. The first-order valence-electron chi connectivity index (χ1n) is 11.2. The number of nitrogens with one attached hydrogen (secondary N) is 2. The molecule has 5 amide bonds. The van der Waals surface area contributed by atoms with E-state index in [-0.39, 0.29) is 18.4 Å². The van der Waals surface area contributed by atoms with Gasteiger partial charge < -0.3 is 15.5 Å². The Hall–Kier alpha value is -3.06. The van der Waals surface area contributed by atoms with Gasteiger partial charge in [-0.1, -0.05) is 13.3 Å². The Morgan fingerprint density at radius 1 is 1.24 bits per heavy atom. The van der Waals surface area contributed by atoms with Gasteiger partial charge in [-0.15, -0.1) is 11.8 Å². The van der Waals surface area contributed by atoms with Crippen LogP contribution in [0.5, 0.6) is 0 Å². The molecule has 2 heterocycles. The van der Waals surface area contributed by atoms with E-state index >= 15 is 0 Å². The molecule has 2 aliphatic heterocycles. The molecule has 0 aromatic heterocycles. The number of hydrogen-bond acceptors (Lipinski definition) is 6. The summed E-state index contributed by atoms with van der Waals surface area (Å²) in [6.07, 6.45) is 4.00. The van der Waals surface area contributed by atoms with E-state index in [1.807, 2.05) is 6.07 Å². The Kier molecular flexibility index (Phi) is 6.61. The van der Waals surface area contributed by atoms with Crippen LogP contribution in [0.2, 0.25) is 0 Å². The van der Waals surface area contributed by atoms with Crippen molar-refractivity contribution in [3.05, 3.63) is 29.8 Å². The number of benzene rings is 1. The van der Waals surface area contributed by atoms with Crippen molar-refractivity contribution in [3.63, 3.8) is 0 Å². The quantitative estimate of drug-likeness (QED) is 0.638. The van der Waals surface area contributed by atoms with E-state index in [4.69, 9.17) is 5.26 Å². The van der Waals surface area contributed by atoms with Crippen LogP contribution in [0.3, 0.4) is 0 Å². The summed E-state index contributed by atoms with van der Waals surface area (Å²) in [5, 5.41) is 14.5. The van der Waals surface area contributed by atoms with Crippen LogP contribution in [0, 0.1) is 17.2 Å². The Bertz CT molecular complexity index is 997. The van der Waals surface area contributed by atoms with Crippen molar-refractivity contribution in [2.24, 2.45) is 5.92 Å². The number of nitrogens with zero attached hydrogens (tertiary/aromatic N) is 3. The van der Waals surface area contributed by atoms with Gasteiger partial charge in [-0.05, 0) is 55.9 Å². The number of anilines is 1. The Balaban J connectivity index is 1.39. The fourth-order valence-electron chi connectivity index (χ4n) is 4.72. The third-order valence-corrected chi connectivity index (χ3v) is 7.87. The van der Waals surface area contributed by atoms with E-state index in [1.54, 1.807) is 24.3 Å². The number of thioether (sulfide) groups is 1. The lowest BCUT2D eigenvalue weighted by atomic mass is 9.75. The molecule has 1 atom stereocenters. The second-order valence-corrected chi connectivity index (χ2v) is 9.81. The van der Waals surface area contributed by atoms with Gasteiger partial charge in [-0.2, -0.15) is 5.26 Å². The minimum Gasteiger partial charge on any atom is -0.324 e. The molecule has 33 heavy (non-hydrogen) atoms. The molecule has 1 aromatic carbocycles. The molecule has 10 heteroatoms. The molecular weight excluding hydrogens is 442 g/mol. The second-order valence-electron chi connectivity index (χ2n) is 8.81. The normalized spacial score (nSPS) is 26.9. The van der Waals surface area contributed by atoms with Crippen LogP contribution < -0.4 is 10.6 Å². The van der Waals surface area contributed by atoms with E-state index in [9.17, 15) is 19.2 Å². The molecule has 1 spiro atoms. The minimum absolute atomic E-state index is 0.317. The standard InChI is InChI=1S/C23H27N5O4S/c1-2-15-7-9-23(10-8-15)21(31)27(22(32)26-23)12-19(29)28-14-33-13-18(28)20(30)25-17-5-3-16(11-24)4-6-17/h3-6,15,18H,2,7-10,12-14H2,1H3,(H,25,30)(H,26,32). The van der Waals surface area contributed by atoms with E-state index in [0.29, 0.717) is 41.6 Å². The van der Waals surface area contributed by atoms with Crippen molar-refractivity contribution in [1.82, 2.24) is 15.1 Å². The molecule has 174 valence electrons. The van der Waals surface area contributed by atoms with Crippen molar-refractivity contribution < 1.29 is 19.2 Å². The fraction of sp³-hybridized carbons (Fsp3) is 0.522. The number of carbonyl (C=O) groups is 4. The average Bonchev–Trinajstić information content (AvgIpc) is 3.40. The first kappa shape index (κ1) is 23.1. The van der Waals surface area contributed by atoms with Gasteiger partial charge >= 0.3 is 6.03 Å². The monoisotopic (exact) mass is 469 g/mol. The van der Waals surface area contributed by atoms with Gasteiger partial charge in [-0.25, -0.2) is 4.79 Å². The lowest BCUT2D eigenvalue weighted by Gasteiger charge is -2.34. The number of rotatable bonds is 5. The maximum Gasteiger partial charge on any atom is 0.325 e. The molecule has 1 aliphatic carbocycles. The van der Waals surface area contributed by atoms with Crippen LogP contribution in [-0.4, -0.2) is 63.3 Å². The van der Waals surface area contributed by atoms with E-state index in [1.165, 1.54) is 16.7 Å². The molecule has 9 nitrogen and oxygen atoms in total. The highest BCUT2D eigenvalue weighted by Crippen LogP contribution is 2.37. The number of amides is 5. The van der Waals surface area contributed by atoms with E-state index in [0.717, 1.165) is 24.2 Å². The minimum atomic E-state index is -0.894. The summed E-state index contributed by atoms with van der Waals surface area (Å²) in [6, 6.07) is 7.24. The van der Waals surface area contributed by atoms with Gasteiger partial charge in [0.15, 0.2) is 0 Å². The second kappa shape index (κ2) is 9.43. The van der Waals surface area contributed by atoms with Crippen LogP contribution in [-0.2, 0) is 14.4 Å². The fourth-order valence-corrected chi connectivity index (χ4v) is 5.90. The SMILES string of the molecule is CCC1CCC2(CC1)NC(=O)N(CC(=O)N1CSCC1C(=O)Nc1ccc(C#N)cc1)C2=O.